The molecule has 2 aliphatic heterocycles. The van der Waals surface area contributed by atoms with Crippen molar-refractivity contribution in [2.24, 2.45) is 5.92 Å². The summed E-state index contributed by atoms with van der Waals surface area (Å²) in [4.78, 5) is 11.4. The molecule has 2 aliphatic rings. The smallest absolute Gasteiger partial charge is 0.324 e. The van der Waals surface area contributed by atoms with Gasteiger partial charge in [-0.25, -0.2) is 0 Å². The molecule has 0 aromatic carbocycles. The number of fused-ring (bicyclic) bond motifs is 2. The average Bonchev–Trinajstić information content (AvgIpc) is 2.75. The fourth-order valence-corrected chi connectivity index (χ4v) is 3.32. The lowest BCUT2D eigenvalue weighted by Gasteiger charge is -2.30. The molecule has 5 heteroatoms. The Morgan fingerprint density at radius 1 is 1.62 bits per heavy atom. The molecular weight excluding hydrogens is 205 g/mol. The zero-order chi connectivity index (χ0) is 11.8. The van der Waals surface area contributed by atoms with Gasteiger partial charge in [0.2, 0.25) is 0 Å². The maximum atomic E-state index is 11.4. The number of carboxylic acids is 1. The molecule has 2 heterocycles. The number of rotatable bonds is 5. The molecule has 0 spiro atoms. The number of hydrogen-bond acceptors (Lipinski definition) is 3. The minimum atomic E-state index is -0.686. The number of aliphatic carboxylic acids is 1. The van der Waals surface area contributed by atoms with E-state index in [4.69, 9.17) is 0 Å². The monoisotopic (exact) mass is 225 g/mol. The Kier molecular flexibility index (Phi) is 3.26. The van der Waals surface area contributed by atoms with Crippen molar-refractivity contribution in [1.29, 1.82) is 0 Å². The predicted octanol–water partition coefficient (Wildman–Crippen LogP) is 0.975. The van der Waals surface area contributed by atoms with Crippen LogP contribution in [0.15, 0.2) is 0 Å². The lowest BCUT2D eigenvalue weighted by atomic mass is 9.65. The van der Waals surface area contributed by atoms with Crippen LogP contribution in [0.2, 0.25) is 13.1 Å². The van der Waals surface area contributed by atoms with Crippen molar-refractivity contribution in [1.82, 2.24) is 5.32 Å². The third kappa shape index (κ3) is 1.98. The van der Waals surface area contributed by atoms with Crippen LogP contribution in [0.4, 0.5) is 0 Å². The van der Waals surface area contributed by atoms with E-state index in [0.29, 0.717) is 6.04 Å². The van der Waals surface area contributed by atoms with Gasteiger partial charge in [0.05, 0.1) is 0 Å². The molecule has 0 amide bonds. The first-order chi connectivity index (χ1) is 7.54. The van der Waals surface area contributed by atoms with Crippen molar-refractivity contribution in [3.8, 4) is 0 Å². The van der Waals surface area contributed by atoms with Gasteiger partial charge in [0.25, 0.3) is 6.92 Å². The summed E-state index contributed by atoms with van der Waals surface area (Å²) < 4.78 is 0. The van der Waals surface area contributed by atoms with E-state index in [9.17, 15) is 14.9 Å². The van der Waals surface area contributed by atoms with Gasteiger partial charge in [0, 0.05) is 6.04 Å². The van der Waals surface area contributed by atoms with Crippen molar-refractivity contribution < 1.29 is 14.9 Å². The zero-order valence-electron chi connectivity index (χ0n) is 9.78. The molecule has 0 unspecified atom stereocenters. The molecule has 3 N–H and O–H groups in total. The Morgan fingerprint density at radius 2 is 2.38 bits per heavy atom. The van der Waals surface area contributed by atoms with Crippen LogP contribution in [0, 0.1) is 5.92 Å². The summed E-state index contributed by atoms with van der Waals surface area (Å²) in [5.74, 6) is -0.433. The zero-order valence-corrected chi connectivity index (χ0v) is 9.78. The molecule has 2 fully saturated rings. The summed E-state index contributed by atoms with van der Waals surface area (Å²) in [6.07, 6.45) is 5.38. The average molecular weight is 225 g/mol. The molecule has 0 radical (unpaired) electrons. The van der Waals surface area contributed by atoms with Crippen LogP contribution in [0.5, 0.6) is 0 Å². The molecule has 0 aliphatic carbocycles. The molecule has 0 saturated carbocycles. The van der Waals surface area contributed by atoms with E-state index < -0.39 is 11.5 Å². The van der Waals surface area contributed by atoms with Crippen molar-refractivity contribution in [3.05, 3.63) is 0 Å². The third-order valence-electron chi connectivity index (χ3n) is 4.17. The maximum Gasteiger partial charge on any atom is 0.324 e. The van der Waals surface area contributed by atoms with Gasteiger partial charge in [0.15, 0.2) is 0 Å². The van der Waals surface area contributed by atoms with Crippen molar-refractivity contribution in [2.75, 3.05) is 0 Å². The summed E-state index contributed by atoms with van der Waals surface area (Å²) in [6.45, 7) is 1.51. The highest BCUT2D eigenvalue weighted by Crippen LogP contribution is 2.44. The second-order valence-electron chi connectivity index (χ2n) is 5.37. The van der Waals surface area contributed by atoms with Crippen molar-refractivity contribution >= 4 is 12.9 Å². The second kappa shape index (κ2) is 4.38. The van der Waals surface area contributed by atoms with Crippen molar-refractivity contribution in [3.63, 3.8) is 0 Å². The van der Waals surface area contributed by atoms with Gasteiger partial charge in [-0.1, -0.05) is 13.2 Å². The van der Waals surface area contributed by atoms with Crippen LogP contribution in [-0.4, -0.2) is 34.6 Å². The normalized spacial score (nSPS) is 36.6. The molecule has 16 heavy (non-hydrogen) atoms. The van der Waals surface area contributed by atoms with Crippen LogP contribution >= 0.6 is 0 Å². The molecule has 2 saturated heterocycles. The number of hydrogen-bond donors (Lipinski definition) is 3. The number of carbonyl (C=O) groups is 1. The highest BCUT2D eigenvalue weighted by atomic mass is 16.4. The molecule has 2 bridgehead atoms. The van der Waals surface area contributed by atoms with E-state index in [-0.39, 0.29) is 12.8 Å². The fourth-order valence-electron chi connectivity index (χ4n) is 3.32. The third-order valence-corrected chi connectivity index (χ3v) is 4.17. The van der Waals surface area contributed by atoms with Gasteiger partial charge in [-0.05, 0) is 37.9 Å². The van der Waals surface area contributed by atoms with Crippen LogP contribution in [-0.2, 0) is 4.79 Å². The molecule has 0 aromatic rings. The highest BCUT2D eigenvalue weighted by molar-refractivity contribution is 6.48. The highest BCUT2D eigenvalue weighted by Gasteiger charge is 2.56. The van der Waals surface area contributed by atoms with E-state index in [1.165, 1.54) is 0 Å². The van der Waals surface area contributed by atoms with E-state index in [1.807, 2.05) is 0 Å². The summed E-state index contributed by atoms with van der Waals surface area (Å²) in [6, 6.07) is 0.410. The molecule has 2 rings (SSSR count). The molecule has 90 valence electrons. The molecule has 4 nitrogen and oxygen atoms in total. The molecule has 3 atom stereocenters. The molecular formula is C11H20BNO3. The van der Waals surface area contributed by atoms with Crippen LogP contribution in [0.3, 0.4) is 0 Å². The summed E-state index contributed by atoms with van der Waals surface area (Å²) >= 11 is 0. The van der Waals surface area contributed by atoms with E-state index in [2.05, 4.69) is 5.32 Å². The van der Waals surface area contributed by atoms with Gasteiger partial charge in [0.1, 0.15) is 5.54 Å². The van der Waals surface area contributed by atoms with Gasteiger partial charge >= 0.3 is 5.97 Å². The summed E-state index contributed by atoms with van der Waals surface area (Å²) in [5.41, 5.74) is -0.649. The SMILES string of the molecule is CB(O)CCC[C@@H]1C[C@H]2CC[C@@]1(C(=O)O)N2. The quantitative estimate of drug-likeness (QED) is 0.610. The maximum absolute atomic E-state index is 11.4. The van der Waals surface area contributed by atoms with Crippen LogP contribution in [0.25, 0.3) is 0 Å². The van der Waals surface area contributed by atoms with E-state index >= 15 is 0 Å². The molecule has 0 aromatic heterocycles. The Morgan fingerprint density at radius 3 is 2.94 bits per heavy atom. The topological polar surface area (TPSA) is 69.6 Å². The van der Waals surface area contributed by atoms with Gasteiger partial charge in [-0.15, -0.1) is 0 Å². The Balaban J connectivity index is 1.92. The van der Waals surface area contributed by atoms with E-state index in [1.54, 1.807) is 6.82 Å². The van der Waals surface area contributed by atoms with Crippen LogP contribution < -0.4 is 5.32 Å². The first-order valence-corrected chi connectivity index (χ1v) is 6.24. The standard InChI is InChI=1S/C11H20BNO3/c1-12(16)6-2-3-8-7-9-4-5-11(8,13-9)10(14)15/h8-9,13,16H,2-7H2,1H3,(H,14,15)/t8-,9-,11-/m1/s1. The Labute approximate surface area is 96.5 Å². The van der Waals surface area contributed by atoms with Gasteiger partial charge in [-0.2, -0.15) is 0 Å². The summed E-state index contributed by atoms with van der Waals surface area (Å²) in [5, 5.41) is 21.8. The predicted molar refractivity (Wildman–Crippen MR) is 62.5 cm³/mol. The lowest BCUT2D eigenvalue weighted by molar-refractivity contribution is -0.146. The number of carboxylic acid groups (broad SMARTS) is 1. The Bertz CT molecular complexity index is 284. The second-order valence-corrected chi connectivity index (χ2v) is 5.37. The van der Waals surface area contributed by atoms with Gasteiger partial charge < -0.3 is 10.1 Å². The largest absolute Gasteiger partial charge is 0.480 e. The van der Waals surface area contributed by atoms with Gasteiger partial charge in [-0.3, -0.25) is 10.1 Å². The lowest BCUT2D eigenvalue weighted by Crippen LogP contribution is -2.49. The van der Waals surface area contributed by atoms with Crippen LogP contribution in [0.1, 0.15) is 32.1 Å². The van der Waals surface area contributed by atoms with E-state index in [0.717, 1.165) is 38.4 Å². The number of nitrogens with one attached hydrogen (secondary N) is 1. The fraction of sp³-hybridized carbons (Fsp3) is 0.909. The minimum Gasteiger partial charge on any atom is -0.480 e. The first kappa shape index (κ1) is 11.9. The first-order valence-electron chi connectivity index (χ1n) is 6.24. The Hall–Kier alpha value is -0.545. The summed E-state index contributed by atoms with van der Waals surface area (Å²) in [7, 11) is 0. The van der Waals surface area contributed by atoms with Crippen molar-refractivity contribution in [2.45, 2.75) is 56.8 Å². The minimum absolute atomic E-state index is 0.252.